The molecule has 3 atom stereocenters. The molecule has 1 aliphatic heterocycles. The Kier molecular flexibility index (Phi) is 10.8. The van der Waals surface area contributed by atoms with Crippen LogP contribution in [0.5, 0.6) is 11.5 Å². The fourth-order valence-electron chi connectivity index (χ4n) is 5.64. The molecule has 3 amide bonds. The Balaban J connectivity index is 1.92. The number of nitrogens with one attached hydrogen (secondary N) is 2. The molecule has 1 fully saturated rings. The van der Waals surface area contributed by atoms with Gasteiger partial charge in [-0.1, -0.05) is 12.1 Å². The molecule has 3 aromatic carbocycles. The van der Waals surface area contributed by atoms with Crippen molar-refractivity contribution < 1.29 is 46.9 Å². The Morgan fingerprint density at radius 1 is 0.938 bits per heavy atom. The molecule has 3 aromatic rings. The van der Waals surface area contributed by atoms with Crippen molar-refractivity contribution in [1.29, 1.82) is 0 Å². The smallest absolute Gasteiger partial charge is 0.411 e. The lowest BCUT2D eigenvalue weighted by atomic mass is 9.92. The first kappa shape index (κ1) is 35.5. The van der Waals surface area contributed by atoms with Crippen LogP contribution in [0.1, 0.15) is 53.8 Å². The van der Waals surface area contributed by atoms with Crippen molar-refractivity contribution in [3.63, 3.8) is 0 Å². The zero-order chi connectivity index (χ0) is 35.3. The number of nitrogens with two attached hydrogens (primary N) is 1. The van der Waals surface area contributed by atoms with E-state index in [1.165, 1.54) is 63.3 Å². The third-order valence-electron chi connectivity index (χ3n) is 8.13. The molecular formula is C33H38N4O10S. The molecule has 2 unspecified atom stereocenters. The van der Waals surface area contributed by atoms with Crippen LogP contribution in [0.4, 0.5) is 16.2 Å². The maximum Gasteiger partial charge on any atom is 0.411 e. The summed E-state index contributed by atoms with van der Waals surface area (Å²) in [5.74, 6) is -3.01. The molecule has 256 valence electrons. The minimum atomic E-state index is -4.01. The molecule has 0 saturated carbocycles. The molecule has 0 aromatic heterocycles. The Labute approximate surface area is 278 Å². The first-order valence-corrected chi connectivity index (χ1v) is 16.4. The molecule has 0 bridgehead atoms. The number of hydrogen-bond donors (Lipinski definition) is 4. The predicted octanol–water partition coefficient (Wildman–Crippen LogP) is 3.99. The summed E-state index contributed by atoms with van der Waals surface area (Å²) >= 11 is 0. The topological polar surface area (TPSA) is 204 Å². The molecule has 48 heavy (non-hydrogen) atoms. The number of primary amides is 1. The van der Waals surface area contributed by atoms with Crippen LogP contribution < -0.4 is 25.8 Å². The monoisotopic (exact) mass is 682 g/mol. The number of hydrogen-bond acceptors (Lipinski definition) is 10. The summed E-state index contributed by atoms with van der Waals surface area (Å²) in [5, 5.41) is 15.1. The third-order valence-corrected chi connectivity index (χ3v) is 10.4. The number of carboxylic acid groups (broad SMARTS) is 1. The largest absolute Gasteiger partial charge is 0.493 e. The Bertz CT molecular complexity index is 1830. The van der Waals surface area contributed by atoms with Crippen LogP contribution in [0, 0.1) is 5.92 Å². The highest BCUT2D eigenvalue weighted by atomic mass is 32.2. The fraction of sp³-hybridized carbons (Fsp3) is 0.333. The fourth-order valence-corrected chi connectivity index (χ4v) is 6.91. The molecule has 1 saturated heterocycles. The first-order chi connectivity index (χ1) is 22.7. The van der Waals surface area contributed by atoms with Crippen LogP contribution in [0.15, 0.2) is 65.6 Å². The molecule has 0 aliphatic carbocycles. The van der Waals surface area contributed by atoms with E-state index in [0.29, 0.717) is 22.7 Å². The van der Waals surface area contributed by atoms with Crippen molar-refractivity contribution in [1.82, 2.24) is 4.90 Å². The normalized spacial score (nSPS) is 16.6. The van der Waals surface area contributed by atoms with E-state index in [1.54, 1.807) is 30.3 Å². The molecule has 1 heterocycles. The number of methoxy groups -OCH3 is 3. The van der Waals surface area contributed by atoms with Gasteiger partial charge in [0.05, 0.1) is 43.4 Å². The number of benzene rings is 3. The quantitative estimate of drug-likeness (QED) is 0.215. The van der Waals surface area contributed by atoms with E-state index in [-0.39, 0.29) is 34.7 Å². The lowest BCUT2D eigenvalue weighted by molar-refractivity contribution is -0.143. The van der Waals surface area contributed by atoms with E-state index in [0.717, 1.165) is 7.11 Å². The number of anilines is 2. The predicted molar refractivity (Wildman–Crippen MR) is 176 cm³/mol. The highest BCUT2D eigenvalue weighted by molar-refractivity contribution is 7.92. The number of ether oxygens (including phenoxy) is 3. The number of likely N-dealkylation sites (tertiary alicyclic amines) is 1. The Morgan fingerprint density at radius 3 is 2.25 bits per heavy atom. The number of sulfone groups is 1. The van der Waals surface area contributed by atoms with Gasteiger partial charge < -0.3 is 35.3 Å². The van der Waals surface area contributed by atoms with Crippen molar-refractivity contribution in [3.05, 3.63) is 77.4 Å². The second-order valence-electron chi connectivity index (χ2n) is 11.3. The zero-order valence-electron chi connectivity index (χ0n) is 27.1. The van der Waals surface area contributed by atoms with Crippen molar-refractivity contribution in [2.24, 2.45) is 11.7 Å². The van der Waals surface area contributed by atoms with E-state index < -0.39 is 57.0 Å². The van der Waals surface area contributed by atoms with E-state index in [2.05, 4.69) is 15.4 Å². The second-order valence-corrected chi connectivity index (χ2v) is 13.8. The van der Waals surface area contributed by atoms with Crippen LogP contribution >= 0.6 is 0 Å². The van der Waals surface area contributed by atoms with Crippen LogP contribution in [-0.2, 0) is 24.2 Å². The minimum Gasteiger partial charge on any atom is -0.493 e. The Hall–Kier alpha value is -5.31. The number of rotatable bonds is 12. The maximum absolute atomic E-state index is 14.7. The van der Waals surface area contributed by atoms with E-state index in [4.69, 9.17) is 15.2 Å². The average molecular weight is 683 g/mol. The van der Waals surface area contributed by atoms with Crippen LogP contribution in [-0.4, -0.2) is 75.4 Å². The van der Waals surface area contributed by atoms with Gasteiger partial charge >= 0.3 is 12.1 Å². The minimum absolute atomic E-state index is 0.0113. The first-order valence-electron chi connectivity index (χ1n) is 14.9. The number of carboxylic acids is 1. The molecule has 0 spiro atoms. The van der Waals surface area contributed by atoms with Gasteiger partial charge in [0.25, 0.3) is 0 Å². The highest BCUT2D eigenvalue weighted by Crippen LogP contribution is 2.44. The van der Waals surface area contributed by atoms with Gasteiger partial charge in [-0.05, 0) is 79.9 Å². The van der Waals surface area contributed by atoms with Gasteiger partial charge in [0.2, 0.25) is 11.8 Å². The third kappa shape index (κ3) is 7.30. The number of amides is 3. The summed E-state index contributed by atoms with van der Waals surface area (Å²) in [6.07, 6.45) is -0.817. The summed E-state index contributed by atoms with van der Waals surface area (Å²) in [6, 6.07) is 12.6. The van der Waals surface area contributed by atoms with Gasteiger partial charge in [-0.2, -0.15) is 0 Å². The molecule has 1 aliphatic rings. The molecule has 14 nitrogen and oxygen atoms in total. The number of aliphatic carboxylic acids is 1. The lowest BCUT2D eigenvalue weighted by Gasteiger charge is -2.33. The van der Waals surface area contributed by atoms with Gasteiger partial charge in [0.15, 0.2) is 21.3 Å². The zero-order valence-corrected chi connectivity index (χ0v) is 27.9. The standard InChI is InChI=1S/C33H38N4O10S/c1-18(2)48(43,44)27-12-10-22(36-33(42)47-5)17-24(27)29-23(32(40)41)13-14-37(29)31(39)28(19-9-11-25(45-3)26(16-19)46-4)35-21-8-6-7-20(15-21)30(34)38/h6-12,15-18,23,28-29,35H,13-14H2,1-5H3,(H2,34,38)(H,36,42)(H,40,41)/t23?,28-,29?/m0/s1. The van der Waals surface area contributed by atoms with E-state index in [1.807, 2.05) is 0 Å². The van der Waals surface area contributed by atoms with Gasteiger partial charge in [-0.25, -0.2) is 13.2 Å². The second kappa shape index (κ2) is 14.6. The number of carbonyl (C=O) groups excluding carboxylic acids is 3. The van der Waals surface area contributed by atoms with Crippen molar-refractivity contribution in [2.75, 3.05) is 38.5 Å². The lowest BCUT2D eigenvalue weighted by Crippen LogP contribution is -2.40. The summed E-state index contributed by atoms with van der Waals surface area (Å²) < 4.78 is 42.8. The van der Waals surface area contributed by atoms with Crippen LogP contribution in [0.2, 0.25) is 0 Å². The molecule has 0 radical (unpaired) electrons. The maximum atomic E-state index is 14.7. The van der Waals surface area contributed by atoms with Crippen LogP contribution in [0.3, 0.4) is 0 Å². The highest BCUT2D eigenvalue weighted by Gasteiger charge is 2.46. The summed E-state index contributed by atoms with van der Waals surface area (Å²) in [4.78, 5) is 52.6. The summed E-state index contributed by atoms with van der Waals surface area (Å²) in [5.41, 5.74) is 6.60. The number of carbonyl (C=O) groups is 4. The van der Waals surface area contributed by atoms with E-state index in [9.17, 15) is 32.7 Å². The SMILES string of the molecule is COC(=O)Nc1ccc(S(=O)(=O)C(C)C)c(C2C(C(=O)O)CCN2C(=O)[C@@H](Nc2cccc(C(N)=O)c2)c2ccc(OC)c(OC)c2)c1. The Morgan fingerprint density at radius 2 is 1.65 bits per heavy atom. The van der Waals surface area contributed by atoms with Crippen molar-refractivity contribution in [3.8, 4) is 11.5 Å². The molecule has 5 N–H and O–H groups in total. The van der Waals surface area contributed by atoms with Gasteiger partial charge in [0.1, 0.15) is 6.04 Å². The van der Waals surface area contributed by atoms with Crippen LogP contribution in [0.25, 0.3) is 0 Å². The molecular weight excluding hydrogens is 644 g/mol. The summed E-state index contributed by atoms with van der Waals surface area (Å²) in [6.45, 7) is 2.94. The van der Waals surface area contributed by atoms with Gasteiger partial charge in [-0.3, -0.25) is 19.7 Å². The molecule has 4 rings (SSSR count). The van der Waals surface area contributed by atoms with Gasteiger partial charge in [-0.15, -0.1) is 0 Å². The summed E-state index contributed by atoms with van der Waals surface area (Å²) in [7, 11) is 0.0412. The van der Waals surface area contributed by atoms with Gasteiger partial charge in [0, 0.05) is 23.5 Å². The van der Waals surface area contributed by atoms with Crippen molar-refractivity contribution in [2.45, 2.75) is 42.5 Å². The average Bonchev–Trinajstić information content (AvgIpc) is 3.52. The number of nitrogens with zero attached hydrogens (tertiary/aromatic N) is 1. The molecule has 15 heteroatoms. The van der Waals surface area contributed by atoms with Crippen molar-refractivity contribution >= 4 is 45.1 Å². The van der Waals surface area contributed by atoms with E-state index >= 15 is 0 Å².